The Morgan fingerprint density at radius 2 is 1.37 bits per heavy atom. The molecule has 0 amide bonds. The molecule has 43 heavy (non-hydrogen) atoms. The third-order valence-electron chi connectivity index (χ3n) is 9.14. The topological polar surface area (TPSA) is 35.5 Å². The van der Waals surface area contributed by atoms with Crippen molar-refractivity contribution in [3.63, 3.8) is 0 Å². The van der Waals surface area contributed by atoms with Crippen LogP contribution in [-0.4, -0.2) is 35.1 Å². The lowest BCUT2D eigenvalue weighted by molar-refractivity contribution is -0.110. The van der Waals surface area contributed by atoms with Gasteiger partial charge in [0.25, 0.3) is 8.32 Å². The molecule has 0 aliphatic carbocycles. The van der Waals surface area contributed by atoms with Crippen molar-refractivity contribution in [3.05, 3.63) is 96.6 Å². The average molecular weight is 619 g/mol. The number of hydrogen-bond donors (Lipinski definition) is 0. The highest BCUT2D eigenvalue weighted by Gasteiger charge is 2.50. The van der Waals surface area contributed by atoms with Gasteiger partial charge in [-0.3, -0.25) is 0 Å². The highest BCUT2D eigenvalue weighted by atomic mass is 28.4. The first-order chi connectivity index (χ1) is 19.9. The lowest BCUT2D eigenvalue weighted by atomic mass is 9.90. The molecule has 0 spiro atoms. The molecule has 2 aromatic carbocycles. The zero-order valence-electron chi connectivity index (χ0n) is 28.9. The summed E-state index contributed by atoms with van der Waals surface area (Å²) >= 11 is 0. The zero-order valence-corrected chi connectivity index (χ0v) is 30.9. The van der Waals surface area contributed by atoms with Crippen LogP contribution in [0.15, 0.2) is 96.6 Å². The molecule has 0 heterocycles. The fourth-order valence-corrected chi connectivity index (χ4v) is 11.7. The van der Waals surface area contributed by atoms with Crippen molar-refractivity contribution >= 4 is 33.3 Å². The molecule has 2 atom stereocenters. The van der Waals surface area contributed by atoms with E-state index >= 15 is 0 Å². The summed E-state index contributed by atoms with van der Waals surface area (Å²) in [7, 11) is -4.60. The Labute approximate surface area is 265 Å². The number of hydrogen-bond acceptors (Lipinski definition) is 3. The first-order valence-electron chi connectivity index (χ1n) is 15.8. The Balaban J connectivity index is 2.11. The molecular formula is C38H58O3Si2. The van der Waals surface area contributed by atoms with E-state index in [1.54, 1.807) is 0 Å². The minimum Gasteiger partial charge on any atom is -0.408 e. The van der Waals surface area contributed by atoms with Crippen molar-refractivity contribution < 1.29 is 13.6 Å². The van der Waals surface area contributed by atoms with E-state index in [1.165, 1.54) is 10.4 Å². The third-order valence-corrected chi connectivity index (χ3v) is 18.7. The molecule has 2 rings (SSSR count). The molecule has 0 bridgehead atoms. The lowest BCUT2D eigenvalue weighted by Gasteiger charge is -2.44. The third kappa shape index (κ3) is 9.58. The minimum atomic E-state index is -2.53. The van der Waals surface area contributed by atoms with Gasteiger partial charge in [0, 0.05) is 6.42 Å². The van der Waals surface area contributed by atoms with E-state index in [1.807, 2.05) is 0 Å². The summed E-state index contributed by atoms with van der Waals surface area (Å²) in [5.74, 6) is 0.430. The van der Waals surface area contributed by atoms with Gasteiger partial charge in [-0.25, -0.2) is 0 Å². The lowest BCUT2D eigenvalue weighted by Crippen LogP contribution is -2.66. The van der Waals surface area contributed by atoms with Crippen LogP contribution in [0, 0.1) is 5.92 Å². The zero-order chi connectivity index (χ0) is 32.5. The normalized spacial score (nSPS) is 15.7. The summed E-state index contributed by atoms with van der Waals surface area (Å²) in [6, 6.07) is 21.6. The van der Waals surface area contributed by atoms with Crippen molar-refractivity contribution in [2.45, 2.75) is 110 Å². The van der Waals surface area contributed by atoms with Crippen LogP contribution in [0.1, 0.15) is 81.6 Å². The van der Waals surface area contributed by atoms with Crippen LogP contribution in [0.5, 0.6) is 0 Å². The summed E-state index contributed by atoms with van der Waals surface area (Å²) in [6.45, 7) is 29.4. The Morgan fingerprint density at radius 1 is 0.860 bits per heavy atom. The van der Waals surface area contributed by atoms with Gasteiger partial charge in [-0.05, 0) is 71.7 Å². The van der Waals surface area contributed by atoms with E-state index in [0.717, 1.165) is 30.3 Å². The smallest absolute Gasteiger partial charge is 0.261 e. The van der Waals surface area contributed by atoms with Crippen molar-refractivity contribution in [2.24, 2.45) is 5.92 Å². The summed E-state index contributed by atoms with van der Waals surface area (Å²) in [4.78, 5) is 11.6. The van der Waals surface area contributed by atoms with Crippen molar-refractivity contribution in [3.8, 4) is 0 Å². The van der Waals surface area contributed by atoms with E-state index in [2.05, 4.69) is 161 Å². The van der Waals surface area contributed by atoms with Gasteiger partial charge in [0.2, 0.25) is 0 Å². The predicted octanol–water partition coefficient (Wildman–Crippen LogP) is 9.41. The molecule has 3 nitrogen and oxygen atoms in total. The number of rotatable bonds is 15. The van der Waals surface area contributed by atoms with Gasteiger partial charge >= 0.3 is 0 Å². The summed E-state index contributed by atoms with van der Waals surface area (Å²) in [5, 5.41) is 2.63. The van der Waals surface area contributed by atoms with Crippen molar-refractivity contribution in [1.82, 2.24) is 0 Å². The second kappa shape index (κ2) is 15.1. The Bertz CT molecular complexity index is 1190. The predicted molar refractivity (Wildman–Crippen MR) is 191 cm³/mol. The van der Waals surface area contributed by atoms with E-state index in [4.69, 9.17) is 8.85 Å². The molecule has 0 fully saturated rings. The van der Waals surface area contributed by atoms with Crippen LogP contribution in [0.25, 0.3) is 0 Å². The molecule has 0 unspecified atom stereocenters. The standard InChI is InChI=1S/C38H58O3Si2/c1-31(29-32(2)30-33(3)38(10,26-27-39)41-42(11,12)36(4,5)6)21-19-20-28-40-43(37(7,8)9,34-22-15-13-16-23-34)35-24-17-14-18-25-35/h13-20,22-25,27,30-31H,2,21,26,28-29H2,1,3-12H3/b20-19+,33-30+/t31-,38+/m0/s1. The van der Waals surface area contributed by atoms with E-state index in [9.17, 15) is 4.79 Å². The average Bonchev–Trinajstić information content (AvgIpc) is 2.90. The Hall–Kier alpha value is -2.32. The molecule has 0 radical (unpaired) electrons. The van der Waals surface area contributed by atoms with Crippen LogP contribution in [0.3, 0.4) is 0 Å². The second-order valence-corrected chi connectivity index (χ2v) is 24.0. The highest BCUT2D eigenvalue weighted by Crippen LogP contribution is 2.42. The van der Waals surface area contributed by atoms with Gasteiger partial charge in [0.1, 0.15) is 6.29 Å². The van der Waals surface area contributed by atoms with Gasteiger partial charge in [0.05, 0.1) is 12.2 Å². The first-order valence-corrected chi connectivity index (χ1v) is 20.6. The van der Waals surface area contributed by atoms with Crippen LogP contribution < -0.4 is 10.4 Å². The van der Waals surface area contributed by atoms with E-state index < -0.39 is 22.2 Å². The number of benzene rings is 2. The molecule has 5 heteroatoms. The first kappa shape index (κ1) is 36.9. The van der Waals surface area contributed by atoms with Crippen LogP contribution in [0.4, 0.5) is 0 Å². The number of allylic oxidation sites excluding steroid dienone is 3. The van der Waals surface area contributed by atoms with E-state index in [-0.39, 0.29) is 10.1 Å². The molecule has 2 aromatic rings. The molecule has 0 aliphatic heterocycles. The Morgan fingerprint density at radius 3 is 1.81 bits per heavy atom. The fraction of sp³-hybridized carbons (Fsp3) is 0.500. The van der Waals surface area contributed by atoms with Gasteiger partial charge < -0.3 is 13.6 Å². The maximum atomic E-state index is 11.6. The monoisotopic (exact) mass is 618 g/mol. The molecule has 0 aliphatic rings. The maximum Gasteiger partial charge on any atom is 0.261 e. The van der Waals surface area contributed by atoms with Crippen molar-refractivity contribution in [2.75, 3.05) is 6.61 Å². The molecular weight excluding hydrogens is 561 g/mol. The Kier molecular flexibility index (Phi) is 13.0. The van der Waals surface area contributed by atoms with Gasteiger partial charge in [-0.2, -0.15) is 0 Å². The maximum absolute atomic E-state index is 11.6. The quantitative estimate of drug-likeness (QED) is 0.0863. The van der Waals surface area contributed by atoms with Crippen LogP contribution >= 0.6 is 0 Å². The largest absolute Gasteiger partial charge is 0.408 e. The van der Waals surface area contributed by atoms with Crippen LogP contribution in [-0.2, 0) is 13.6 Å². The van der Waals surface area contributed by atoms with Gasteiger partial charge in [-0.1, -0.05) is 140 Å². The summed E-state index contributed by atoms with van der Waals surface area (Å²) in [5.41, 5.74) is 1.52. The molecule has 0 saturated heterocycles. The van der Waals surface area contributed by atoms with Gasteiger partial charge in [-0.15, -0.1) is 0 Å². The molecule has 236 valence electrons. The molecule has 0 aromatic heterocycles. The fourth-order valence-electron chi connectivity index (χ4n) is 5.54. The number of carbonyl (C=O) groups is 1. The SMILES string of the molecule is C=C(/C=C(\C)[C@@](C)(CC=O)O[Si](C)(C)C(C)(C)C)C[C@@H](C)C/C=C/CO[Si](c1ccccc1)(c1ccccc1)C(C)(C)C. The second-order valence-electron chi connectivity index (χ2n) is 14.9. The molecule has 0 saturated carbocycles. The summed E-state index contributed by atoms with van der Waals surface area (Å²) < 4.78 is 13.8. The number of aldehydes is 1. The minimum absolute atomic E-state index is 0.0363. The molecule has 0 N–H and O–H groups in total. The summed E-state index contributed by atoms with van der Waals surface area (Å²) in [6.07, 6.45) is 9.74. The van der Waals surface area contributed by atoms with Crippen LogP contribution in [0.2, 0.25) is 23.2 Å². The van der Waals surface area contributed by atoms with Crippen molar-refractivity contribution in [1.29, 1.82) is 0 Å². The highest BCUT2D eigenvalue weighted by molar-refractivity contribution is 6.99. The number of carbonyl (C=O) groups excluding carboxylic acids is 1. The van der Waals surface area contributed by atoms with Gasteiger partial charge in [0.15, 0.2) is 8.32 Å². The van der Waals surface area contributed by atoms with E-state index in [0.29, 0.717) is 18.9 Å².